The van der Waals surface area contributed by atoms with Gasteiger partial charge < -0.3 is 20.4 Å². The van der Waals surface area contributed by atoms with Gasteiger partial charge in [-0.2, -0.15) is 4.37 Å². The van der Waals surface area contributed by atoms with Crippen LogP contribution in [0.3, 0.4) is 0 Å². The highest BCUT2D eigenvalue weighted by Gasteiger charge is 2.21. The molecule has 0 atom stereocenters. The standard InChI is InChI=1S/C19H28N8O2S.HI/c1-3-17-23-19(30-24-17)26-13-11-25(12-14-26)18(20-4-2)22-10-9-21-15-5-7-16(8-6-15)27(28)29;/h5-8,21H,3-4,9-14H2,1-2H3,(H,20,22);1H. The summed E-state index contributed by atoms with van der Waals surface area (Å²) in [6.07, 6.45) is 0.863. The molecule has 0 bridgehead atoms. The number of rotatable bonds is 8. The molecule has 1 aromatic carbocycles. The Morgan fingerprint density at radius 2 is 1.94 bits per heavy atom. The van der Waals surface area contributed by atoms with E-state index in [4.69, 9.17) is 4.99 Å². The van der Waals surface area contributed by atoms with Crippen molar-refractivity contribution in [1.29, 1.82) is 0 Å². The number of hydrogen-bond acceptors (Lipinski definition) is 8. The molecule has 2 N–H and O–H groups in total. The Labute approximate surface area is 203 Å². The topological polar surface area (TPSA) is 112 Å². The maximum atomic E-state index is 10.7. The van der Waals surface area contributed by atoms with Crippen molar-refractivity contribution in [3.63, 3.8) is 0 Å². The molecular formula is C19H29IN8O2S. The first-order chi connectivity index (χ1) is 14.6. The second-order valence-corrected chi connectivity index (χ2v) is 7.52. The summed E-state index contributed by atoms with van der Waals surface area (Å²) in [5, 5.41) is 18.3. The molecule has 0 unspecified atom stereocenters. The van der Waals surface area contributed by atoms with Gasteiger partial charge >= 0.3 is 0 Å². The Hall–Kier alpha value is -2.22. The molecule has 1 saturated heterocycles. The van der Waals surface area contributed by atoms with Crippen LogP contribution in [0.1, 0.15) is 19.7 Å². The minimum atomic E-state index is -0.399. The predicted octanol–water partition coefficient (Wildman–Crippen LogP) is 2.83. The molecule has 2 heterocycles. The van der Waals surface area contributed by atoms with Gasteiger partial charge in [-0.1, -0.05) is 6.92 Å². The second kappa shape index (κ2) is 12.6. The lowest BCUT2D eigenvalue weighted by Gasteiger charge is -2.36. The van der Waals surface area contributed by atoms with Crippen molar-refractivity contribution in [2.75, 3.05) is 56.0 Å². The zero-order chi connectivity index (χ0) is 21.3. The van der Waals surface area contributed by atoms with Gasteiger partial charge in [-0.3, -0.25) is 15.1 Å². The molecule has 3 rings (SSSR count). The number of hydrogen-bond donors (Lipinski definition) is 2. The summed E-state index contributed by atoms with van der Waals surface area (Å²) in [6, 6.07) is 6.42. The van der Waals surface area contributed by atoms with Crippen LogP contribution in [0.25, 0.3) is 0 Å². The smallest absolute Gasteiger partial charge is 0.269 e. The van der Waals surface area contributed by atoms with Gasteiger partial charge in [0.05, 0.1) is 11.5 Å². The molecule has 0 aliphatic carbocycles. The number of nitro benzene ring substituents is 1. The van der Waals surface area contributed by atoms with Crippen molar-refractivity contribution >= 4 is 58.0 Å². The number of aryl methyl sites for hydroxylation is 1. The Morgan fingerprint density at radius 3 is 2.52 bits per heavy atom. The van der Waals surface area contributed by atoms with Crippen LogP contribution in [-0.2, 0) is 6.42 Å². The summed E-state index contributed by atoms with van der Waals surface area (Å²) < 4.78 is 4.38. The van der Waals surface area contributed by atoms with Gasteiger partial charge in [0.2, 0.25) is 5.13 Å². The number of non-ortho nitro benzene ring substituents is 1. The first kappa shape index (κ1) is 25.0. The van der Waals surface area contributed by atoms with E-state index in [2.05, 4.69) is 43.6 Å². The molecular weight excluding hydrogens is 531 g/mol. The van der Waals surface area contributed by atoms with Crippen LogP contribution in [0.4, 0.5) is 16.5 Å². The molecule has 0 radical (unpaired) electrons. The van der Waals surface area contributed by atoms with Crippen LogP contribution in [0.15, 0.2) is 29.3 Å². The third-order valence-electron chi connectivity index (χ3n) is 4.74. The summed E-state index contributed by atoms with van der Waals surface area (Å²) >= 11 is 1.47. The maximum Gasteiger partial charge on any atom is 0.269 e. The molecule has 1 aliphatic heterocycles. The van der Waals surface area contributed by atoms with Gasteiger partial charge in [0.25, 0.3) is 5.69 Å². The van der Waals surface area contributed by atoms with E-state index in [1.807, 2.05) is 0 Å². The van der Waals surface area contributed by atoms with Gasteiger partial charge in [-0.25, -0.2) is 4.98 Å². The van der Waals surface area contributed by atoms with Gasteiger partial charge in [-0.15, -0.1) is 24.0 Å². The molecule has 170 valence electrons. The van der Waals surface area contributed by atoms with Crippen LogP contribution >= 0.6 is 35.5 Å². The molecule has 31 heavy (non-hydrogen) atoms. The van der Waals surface area contributed by atoms with Crippen LogP contribution in [-0.4, -0.2) is 71.0 Å². The molecule has 10 nitrogen and oxygen atoms in total. The van der Waals surface area contributed by atoms with Gasteiger partial charge in [-0.05, 0) is 19.1 Å². The van der Waals surface area contributed by atoms with Crippen molar-refractivity contribution in [2.45, 2.75) is 20.3 Å². The lowest BCUT2D eigenvalue weighted by molar-refractivity contribution is -0.384. The Morgan fingerprint density at radius 1 is 1.23 bits per heavy atom. The minimum absolute atomic E-state index is 0. The monoisotopic (exact) mass is 560 g/mol. The van der Waals surface area contributed by atoms with Crippen molar-refractivity contribution in [1.82, 2.24) is 19.6 Å². The molecule has 0 amide bonds. The highest BCUT2D eigenvalue weighted by Crippen LogP contribution is 2.19. The number of aromatic nitrogens is 2. The Balaban J connectivity index is 0.00000341. The summed E-state index contributed by atoms with van der Waals surface area (Å²) in [6.45, 7) is 9.74. The Kier molecular flexibility index (Phi) is 10.2. The summed E-state index contributed by atoms with van der Waals surface area (Å²) in [5.41, 5.74) is 0.935. The third-order valence-corrected chi connectivity index (χ3v) is 5.55. The van der Waals surface area contributed by atoms with E-state index in [1.165, 1.54) is 23.7 Å². The van der Waals surface area contributed by atoms with Gasteiger partial charge in [0.1, 0.15) is 5.82 Å². The van der Waals surface area contributed by atoms with Crippen LogP contribution < -0.4 is 15.5 Å². The molecule has 0 saturated carbocycles. The molecule has 1 aliphatic rings. The van der Waals surface area contributed by atoms with Crippen molar-refractivity contribution < 1.29 is 4.92 Å². The fourth-order valence-electron chi connectivity index (χ4n) is 3.12. The number of nitrogens with zero attached hydrogens (tertiary/aromatic N) is 6. The summed E-state index contributed by atoms with van der Waals surface area (Å²) in [5.74, 6) is 1.82. The van der Waals surface area contributed by atoms with E-state index in [0.717, 1.165) is 61.7 Å². The average molecular weight is 560 g/mol. The number of benzene rings is 1. The number of anilines is 2. The number of nitro groups is 1. The quantitative estimate of drug-likeness (QED) is 0.127. The van der Waals surface area contributed by atoms with E-state index in [0.29, 0.717) is 13.1 Å². The largest absolute Gasteiger partial charge is 0.383 e. The molecule has 1 aromatic heterocycles. The fraction of sp³-hybridized carbons (Fsp3) is 0.526. The lowest BCUT2D eigenvalue weighted by atomic mass is 10.3. The number of piperazine rings is 1. The van der Waals surface area contributed by atoms with Crippen LogP contribution in [0.2, 0.25) is 0 Å². The van der Waals surface area contributed by atoms with Crippen molar-refractivity contribution in [3.8, 4) is 0 Å². The molecule has 1 fully saturated rings. The predicted molar refractivity (Wildman–Crippen MR) is 136 cm³/mol. The van der Waals surface area contributed by atoms with Crippen LogP contribution in [0.5, 0.6) is 0 Å². The number of nitrogens with one attached hydrogen (secondary N) is 2. The van der Waals surface area contributed by atoms with E-state index >= 15 is 0 Å². The summed E-state index contributed by atoms with van der Waals surface area (Å²) in [7, 11) is 0. The average Bonchev–Trinajstić information content (AvgIpc) is 3.26. The lowest BCUT2D eigenvalue weighted by Crippen LogP contribution is -2.52. The highest BCUT2D eigenvalue weighted by molar-refractivity contribution is 14.0. The zero-order valence-corrected chi connectivity index (χ0v) is 20.9. The van der Waals surface area contributed by atoms with E-state index in [9.17, 15) is 10.1 Å². The van der Waals surface area contributed by atoms with Crippen molar-refractivity contribution in [2.24, 2.45) is 4.99 Å². The number of aliphatic imine (C=N–C) groups is 1. The van der Waals surface area contributed by atoms with Crippen molar-refractivity contribution in [3.05, 3.63) is 40.2 Å². The number of halogens is 1. The highest BCUT2D eigenvalue weighted by atomic mass is 127. The molecule has 2 aromatic rings. The fourth-order valence-corrected chi connectivity index (χ4v) is 3.92. The van der Waals surface area contributed by atoms with E-state index in [-0.39, 0.29) is 29.7 Å². The zero-order valence-electron chi connectivity index (χ0n) is 17.8. The SMILES string of the molecule is CCNC(=NCCNc1ccc([N+](=O)[O-])cc1)N1CCN(c2nc(CC)ns2)CC1.I. The van der Waals surface area contributed by atoms with Gasteiger partial charge in [0, 0.05) is 75.0 Å². The van der Waals surface area contributed by atoms with E-state index < -0.39 is 4.92 Å². The second-order valence-electron chi connectivity index (χ2n) is 6.79. The Bertz CT molecular complexity index is 853. The minimum Gasteiger partial charge on any atom is -0.383 e. The maximum absolute atomic E-state index is 10.7. The number of guanidine groups is 1. The summed E-state index contributed by atoms with van der Waals surface area (Å²) in [4.78, 5) is 24.2. The van der Waals surface area contributed by atoms with Crippen LogP contribution in [0, 0.1) is 10.1 Å². The normalized spacial score (nSPS) is 14.2. The van der Waals surface area contributed by atoms with E-state index in [1.54, 1.807) is 12.1 Å². The third kappa shape index (κ3) is 7.16. The van der Waals surface area contributed by atoms with Gasteiger partial charge in [0.15, 0.2) is 5.96 Å². The molecule has 0 spiro atoms. The molecule has 12 heteroatoms. The first-order valence-electron chi connectivity index (χ1n) is 10.2. The first-order valence-corrected chi connectivity index (χ1v) is 11.0.